The van der Waals surface area contributed by atoms with Crippen LogP contribution in [0.1, 0.15) is 36.8 Å². The molecule has 2 fully saturated rings. The quantitative estimate of drug-likeness (QED) is 0.860. The number of aryl methyl sites for hydroxylation is 1. The van der Waals surface area contributed by atoms with Crippen LogP contribution in [0.4, 0.5) is 0 Å². The van der Waals surface area contributed by atoms with Crippen molar-refractivity contribution in [3.8, 4) is 0 Å². The van der Waals surface area contributed by atoms with Crippen molar-refractivity contribution in [2.45, 2.75) is 43.6 Å². The van der Waals surface area contributed by atoms with Gasteiger partial charge in [0.05, 0.1) is 0 Å². The minimum absolute atomic E-state index is 0.183. The number of carbonyl (C=O) groups is 1. The fourth-order valence-electron chi connectivity index (χ4n) is 4.22. The zero-order valence-corrected chi connectivity index (χ0v) is 11.8. The lowest BCUT2D eigenvalue weighted by Crippen LogP contribution is -2.46. The van der Waals surface area contributed by atoms with Crippen LogP contribution in [0.3, 0.4) is 0 Å². The summed E-state index contributed by atoms with van der Waals surface area (Å²) in [4.78, 5) is 12.5. The van der Waals surface area contributed by atoms with Gasteiger partial charge in [-0.2, -0.15) is 0 Å². The van der Waals surface area contributed by atoms with Gasteiger partial charge in [0.1, 0.15) is 0 Å². The molecule has 3 heteroatoms. The highest BCUT2D eigenvalue weighted by molar-refractivity contribution is 5.85. The lowest BCUT2D eigenvalue weighted by molar-refractivity contribution is -0.123. The van der Waals surface area contributed by atoms with Gasteiger partial charge in [-0.05, 0) is 49.8 Å². The normalized spacial score (nSPS) is 34.8. The van der Waals surface area contributed by atoms with Crippen molar-refractivity contribution in [1.29, 1.82) is 0 Å². The molecule has 0 radical (unpaired) electrons. The van der Waals surface area contributed by atoms with Crippen LogP contribution in [-0.2, 0) is 16.6 Å². The van der Waals surface area contributed by atoms with Gasteiger partial charge < -0.3 is 10.6 Å². The van der Waals surface area contributed by atoms with Crippen LogP contribution < -0.4 is 10.6 Å². The molecule has 1 aromatic rings. The standard InChI is InChI=1S/C17H22N2O/c20-16(19-13-5-3-9-18-11-13)15-10-17(15)8-7-12-4-1-2-6-14(12)17/h1-2,4,6,13,15,18H,3,5,7-11H2,(H,19,20)/t13-,15?,17?/m0/s1. The Morgan fingerprint density at radius 2 is 2.25 bits per heavy atom. The number of benzene rings is 1. The second-order valence-electron chi connectivity index (χ2n) is 6.62. The average Bonchev–Trinajstić information content (AvgIpc) is 3.11. The van der Waals surface area contributed by atoms with E-state index in [-0.39, 0.29) is 17.2 Å². The van der Waals surface area contributed by atoms with Crippen LogP contribution in [0.25, 0.3) is 0 Å². The van der Waals surface area contributed by atoms with Gasteiger partial charge >= 0.3 is 0 Å². The molecule has 1 aliphatic heterocycles. The molecule has 1 saturated heterocycles. The number of hydrogen-bond acceptors (Lipinski definition) is 2. The predicted octanol–water partition coefficient (Wildman–Crippen LogP) is 1.76. The van der Waals surface area contributed by atoms with E-state index in [0.29, 0.717) is 6.04 Å². The van der Waals surface area contributed by atoms with Gasteiger partial charge in [0.25, 0.3) is 0 Å². The lowest BCUT2D eigenvalue weighted by atomic mass is 9.95. The van der Waals surface area contributed by atoms with Crippen molar-refractivity contribution < 1.29 is 4.79 Å². The summed E-state index contributed by atoms with van der Waals surface area (Å²) in [5, 5.41) is 6.62. The Morgan fingerprint density at radius 3 is 3.10 bits per heavy atom. The summed E-state index contributed by atoms with van der Waals surface area (Å²) in [7, 11) is 0. The van der Waals surface area contributed by atoms with Gasteiger partial charge in [-0.25, -0.2) is 0 Å². The van der Waals surface area contributed by atoms with Crippen molar-refractivity contribution in [3.05, 3.63) is 35.4 Å². The van der Waals surface area contributed by atoms with Crippen molar-refractivity contribution in [2.75, 3.05) is 13.1 Å². The molecule has 1 heterocycles. The van der Waals surface area contributed by atoms with E-state index in [2.05, 4.69) is 34.9 Å². The predicted molar refractivity (Wildman–Crippen MR) is 78.6 cm³/mol. The number of nitrogens with one attached hydrogen (secondary N) is 2. The molecule has 20 heavy (non-hydrogen) atoms. The number of piperidine rings is 1. The zero-order valence-electron chi connectivity index (χ0n) is 11.8. The summed E-state index contributed by atoms with van der Waals surface area (Å²) in [6, 6.07) is 9.03. The molecule has 4 rings (SSSR count). The first-order chi connectivity index (χ1) is 9.79. The maximum atomic E-state index is 12.5. The maximum Gasteiger partial charge on any atom is 0.224 e. The Kier molecular flexibility index (Phi) is 2.84. The largest absolute Gasteiger partial charge is 0.352 e. The van der Waals surface area contributed by atoms with Crippen molar-refractivity contribution >= 4 is 5.91 Å². The molecule has 106 valence electrons. The molecule has 1 amide bonds. The first-order valence-electron chi connectivity index (χ1n) is 7.89. The minimum Gasteiger partial charge on any atom is -0.352 e. The molecule has 1 spiro atoms. The summed E-state index contributed by atoms with van der Waals surface area (Å²) in [5.41, 5.74) is 3.09. The topological polar surface area (TPSA) is 41.1 Å². The van der Waals surface area contributed by atoms with Gasteiger partial charge in [-0.15, -0.1) is 0 Å². The van der Waals surface area contributed by atoms with Crippen LogP contribution in [-0.4, -0.2) is 25.0 Å². The number of fused-ring (bicyclic) bond motifs is 2. The van der Waals surface area contributed by atoms with E-state index in [1.807, 2.05) is 0 Å². The van der Waals surface area contributed by atoms with Crippen molar-refractivity contribution in [1.82, 2.24) is 10.6 Å². The Bertz CT molecular complexity index is 536. The Hall–Kier alpha value is -1.35. The molecule has 1 saturated carbocycles. The molecule has 3 atom stereocenters. The van der Waals surface area contributed by atoms with Crippen molar-refractivity contribution in [2.24, 2.45) is 5.92 Å². The van der Waals surface area contributed by atoms with Crippen LogP contribution in [0.15, 0.2) is 24.3 Å². The molecule has 3 nitrogen and oxygen atoms in total. The van der Waals surface area contributed by atoms with E-state index in [0.717, 1.165) is 38.8 Å². The fraction of sp³-hybridized carbons (Fsp3) is 0.588. The van der Waals surface area contributed by atoms with Crippen LogP contribution in [0.5, 0.6) is 0 Å². The smallest absolute Gasteiger partial charge is 0.224 e. The molecule has 3 aliphatic rings. The summed E-state index contributed by atoms with van der Waals surface area (Å²) in [6.45, 7) is 2.02. The number of carbonyl (C=O) groups excluding carboxylic acids is 1. The van der Waals surface area contributed by atoms with E-state index in [1.54, 1.807) is 0 Å². The maximum absolute atomic E-state index is 12.5. The third-order valence-electron chi connectivity index (χ3n) is 5.43. The minimum atomic E-state index is 0.183. The number of amides is 1. The highest BCUT2D eigenvalue weighted by Crippen LogP contribution is 2.61. The van der Waals surface area contributed by atoms with E-state index in [9.17, 15) is 4.79 Å². The van der Waals surface area contributed by atoms with Crippen LogP contribution >= 0.6 is 0 Å². The molecule has 0 bridgehead atoms. The average molecular weight is 270 g/mol. The van der Waals surface area contributed by atoms with Crippen molar-refractivity contribution in [3.63, 3.8) is 0 Å². The summed E-state index contributed by atoms with van der Waals surface area (Å²) >= 11 is 0. The highest BCUT2D eigenvalue weighted by atomic mass is 16.2. The molecular weight excluding hydrogens is 248 g/mol. The monoisotopic (exact) mass is 270 g/mol. The highest BCUT2D eigenvalue weighted by Gasteiger charge is 2.61. The van der Waals surface area contributed by atoms with E-state index >= 15 is 0 Å². The Labute approximate surface area is 120 Å². The van der Waals surface area contributed by atoms with E-state index < -0.39 is 0 Å². The second kappa shape index (κ2) is 4.59. The van der Waals surface area contributed by atoms with Crippen LogP contribution in [0.2, 0.25) is 0 Å². The van der Waals surface area contributed by atoms with E-state index in [4.69, 9.17) is 0 Å². The van der Waals surface area contributed by atoms with Gasteiger partial charge in [0.2, 0.25) is 5.91 Å². The fourth-order valence-corrected chi connectivity index (χ4v) is 4.22. The van der Waals surface area contributed by atoms with Gasteiger partial charge in [0, 0.05) is 23.9 Å². The Morgan fingerprint density at radius 1 is 1.35 bits per heavy atom. The van der Waals surface area contributed by atoms with E-state index in [1.165, 1.54) is 17.5 Å². The molecule has 2 N–H and O–H groups in total. The third-order valence-corrected chi connectivity index (χ3v) is 5.43. The third kappa shape index (κ3) is 1.87. The van der Waals surface area contributed by atoms with Gasteiger partial charge in [-0.3, -0.25) is 4.79 Å². The van der Waals surface area contributed by atoms with Gasteiger partial charge in [0.15, 0.2) is 0 Å². The second-order valence-corrected chi connectivity index (χ2v) is 6.62. The molecule has 2 unspecified atom stereocenters. The zero-order chi connectivity index (χ0) is 13.6. The first kappa shape index (κ1) is 12.4. The number of rotatable bonds is 2. The first-order valence-corrected chi connectivity index (χ1v) is 7.89. The molecule has 2 aliphatic carbocycles. The molecule has 0 aromatic heterocycles. The van der Waals surface area contributed by atoms with Gasteiger partial charge in [-0.1, -0.05) is 24.3 Å². The lowest BCUT2D eigenvalue weighted by Gasteiger charge is -2.24. The molecule has 1 aromatic carbocycles. The Balaban J connectivity index is 1.46. The number of hydrogen-bond donors (Lipinski definition) is 2. The summed E-state index contributed by atoms with van der Waals surface area (Å²) in [5.74, 6) is 0.503. The molecular formula is C17H22N2O. The van der Waals surface area contributed by atoms with Crippen LogP contribution in [0, 0.1) is 5.92 Å². The summed E-state index contributed by atoms with van der Waals surface area (Å²) in [6.07, 6.45) is 5.65. The summed E-state index contributed by atoms with van der Waals surface area (Å²) < 4.78 is 0. The SMILES string of the molecule is O=C(N[C@H]1CCCNC1)C1CC12CCc1ccccc12.